The highest BCUT2D eigenvalue weighted by Crippen LogP contribution is 2.18. The van der Waals surface area contributed by atoms with E-state index >= 15 is 0 Å². The number of guanidine groups is 1. The van der Waals surface area contributed by atoms with Gasteiger partial charge >= 0.3 is 0 Å². The third-order valence-electron chi connectivity index (χ3n) is 3.40. The molecule has 0 fully saturated rings. The summed E-state index contributed by atoms with van der Waals surface area (Å²) in [7, 11) is 0. The van der Waals surface area contributed by atoms with E-state index in [2.05, 4.69) is 20.7 Å². The molecule has 2 rings (SSSR count). The molecule has 1 unspecified atom stereocenters. The van der Waals surface area contributed by atoms with Crippen molar-refractivity contribution < 1.29 is 4.74 Å². The molecule has 0 saturated carbocycles. The SMILES string of the molecule is CCNC(=NCC(C)Oc1cccc(Cl)c1)NCCCn1cccn1.I. The zero-order valence-electron chi connectivity index (χ0n) is 15.2. The van der Waals surface area contributed by atoms with Gasteiger partial charge < -0.3 is 15.4 Å². The van der Waals surface area contributed by atoms with Crippen molar-refractivity contribution in [1.29, 1.82) is 0 Å². The Bertz CT molecular complexity index is 651. The molecule has 0 spiro atoms. The Labute approximate surface area is 177 Å². The van der Waals surface area contributed by atoms with Gasteiger partial charge in [-0.25, -0.2) is 4.99 Å². The summed E-state index contributed by atoms with van der Waals surface area (Å²) in [5.74, 6) is 1.55. The van der Waals surface area contributed by atoms with E-state index in [4.69, 9.17) is 16.3 Å². The normalized spacial score (nSPS) is 12.2. The molecule has 8 heteroatoms. The summed E-state index contributed by atoms with van der Waals surface area (Å²) < 4.78 is 7.76. The van der Waals surface area contributed by atoms with Crippen LogP contribution in [0.2, 0.25) is 5.02 Å². The quantitative estimate of drug-likeness (QED) is 0.244. The second-order valence-electron chi connectivity index (χ2n) is 5.65. The first-order chi connectivity index (χ1) is 12.2. The maximum atomic E-state index is 5.97. The maximum Gasteiger partial charge on any atom is 0.191 e. The Morgan fingerprint density at radius 3 is 2.88 bits per heavy atom. The third-order valence-corrected chi connectivity index (χ3v) is 3.63. The number of aryl methyl sites for hydroxylation is 1. The number of hydrogen-bond acceptors (Lipinski definition) is 3. The first-order valence-corrected chi connectivity index (χ1v) is 8.97. The molecule has 0 aliphatic rings. The average molecular weight is 492 g/mol. The molecule has 2 N–H and O–H groups in total. The molecule has 26 heavy (non-hydrogen) atoms. The number of ether oxygens (including phenoxy) is 1. The molecule has 6 nitrogen and oxygen atoms in total. The summed E-state index contributed by atoms with van der Waals surface area (Å²) in [4.78, 5) is 4.58. The molecule has 0 amide bonds. The van der Waals surface area contributed by atoms with Gasteiger partial charge in [0.1, 0.15) is 11.9 Å². The van der Waals surface area contributed by atoms with Crippen molar-refractivity contribution in [3.8, 4) is 5.75 Å². The molecule has 0 aliphatic carbocycles. The van der Waals surface area contributed by atoms with Crippen LogP contribution in [0, 0.1) is 0 Å². The summed E-state index contributed by atoms with van der Waals surface area (Å²) in [5.41, 5.74) is 0. The number of halogens is 2. The van der Waals surface area contributed by atoms with Crippen molar-refractivity contribution >= 4 is 41.5 Å². The minimum absolute atomic E-state index is 0. The van der Waals surface area contributed by atoms with Gasteiger partial charge in [0.25, 0.3) is 0 Å². The third kappa shape index (κ3) is 8.75. The average Bonchev–Trinajstić information content (AvgIpc) is 3.10. The second-order valence-corrected chi connectivity index (χ2v) is 6.09. The lowest BCUT2D eigenvalue weighted by Crippen LogP contribution is -2.38. The van der Waals surface area contributed by atoms with Crippen molar-refractivity contribution in [2.45, 2.75) is 32.9 Å². The van der Waals surface area contributed by atoms with Gasteiger partial charge in [0.2, 0.25) is 0 Å². The number of rotatable bonds is 9. The summed E-state index contributed by atoms with van der Waals surface area (Å²) >= 11 is 5.97. The molecule has 1 aromatic heterocycles. The van der Waals surface area contributed by atoms with Crippen molar-refractivity contribution in [3.63, 3.8) is 0 Å². The monoisotopic (exact) mass is 491 g/mol. The lowest BCUT2D eigenvalue weighted by Gasteiger charge is -2.15. The first kappa shape index (κ1) is 22.6. The van der Waals surface area contributed by atoms with Crippen LogP contribution in [0.3, 0.4) is 0 Å². The molecule has 0 aliphatic heterocycles. The van der Waals surface area contributed by atoms with Crippen LogP contribution in [-0.4, -0.2) is 41.5 Å². The molecular weight excluding hydrogens is 465 g/mol. The lowest BCUT2D eigenvalue weighted by molar-refractivity contribution is 0.230. The van der Waals surface area contributed by atoms with Gasteiger partial charge in [-0.1, -0.05) is 17.7 Å². The molecule has 1 aromatic carbocycles. The van der Waals surface area contributed by atoms with Crippen LogP contribution < -0.4 is 15.4 Å². The second kappa shape index (κ2) is 12.8. The van der Waals surface area contributed by atoms with E-state index in [0.29, 0.717) is 11.6 Å². The van der Waals surface area contributed by atoms with E-state index in [9.17, 15) is 0 Å². The van der Waals surface area contributed by atoms with Crippen molar-refractivity contribution in [2.24, 2.45) is 4.99 Å². The molecule has 1 atom stereocenters. The Kier molecular flexibility index (Phi) is 11.1. The summed E-state index contributed by atoms with van der Waals surface area (Å²) in [5, 5.41) is 11.4. The fourth-order valence-electron chi connectivity index (χ4n) is 2.25. The van der Waals surface area contributed by atoms with Gasteiger partial charge in [-0.15, -0.1) is 24.0 Å². The smallest absolute Gasteiger partial charge is 0.191 e. The van der Waals surface area contributed by atoms with E-state index < -0.39 is 0 Å². The maximum absolute atomic E-state index is 5.97. The molecule has 0 saturated heterocycles. The van der Waals surface area contributed by atoms with E-state index in [1.165, 1.54) is 0 Å². The van der Waals surface area contributed by atoms with Crippen molar-refractivity contribution in [3.05, 3.63) is 47.7 Å². The largest absolute Gasteiger partial charge is 0.489 e. The molecular formula is C18H27ClIN5O. The fraction of sp³-hybridized carbons (Fsp3) is 0.444. The highest BCUT2D eigenvalue weighted by Gasteiger charge is 2.05. The molecule has 0 bridgehead atoms. The number of benzene rings is 1. The zero-order chi connectivity index (χ0) is 17.9. The minimum Gasteiger partial charge on any atom is -0.489 e. The molecule has 2 aromatic rings. The Morgan fingerprint density at radius 1 is 1.35 bits per heavy atom. The number of aromatic nitrogens is 2. The number of nitrogens with one attached hydrogen (secondary N) is 2. The van der Waals surface area contributed by atoms with Crippen LogP contribution in [-0.2, 0) is 6.54 Å². The number of nitrogens with zero attached hydrogens (tertiary/aromatic N) is 3. The van der Waals surface area contributed by atoms with Crippen LogP contribution in [0.25, 0.3) is 0 Å². The molecule has 0 radical (unpaired) electrons. The predicted octanol–water partition coefficient (Wildman–Crippen LogP) is 3.57. The Morgan fingerprint density at radius 2 is 2.19 bits per heavy atom. The minimum atomic E-state index is -0.0435. The highest BCUT2D eigenvalue weighted by atomic mass is 127. The number of hydrogen-bond donors (Lipinski definition) is 2. The summed E-state index contributed by atoms with van der Waals surface area (Å²) in [6.07, 6.45) is 4.69. The summed E-state index contributed by atoms with van der Waals surface area (Å²) in [6.45, 7) is 7.12. The van der Waals surface area contributed by atoms with E-state index in [-0.39, 0.29) is 30.1 Å². The first-order valence-electron chi connectivity index (χ1n) is 8.59. The summed E-state index contributed by atoms with van der Waals surface area (Å²) in [6, 6.07) is 9.33. The van der Waals surface area contributed by atoms with Gasteiger partial charge in [-0.2, -0.15) is 5.10 Å². The van der Waals surface area contributed by atoms with E-state index in [1.54, 1.807) is 12.3 Å². The van der Waals surface area contributed by atoms with Gasteiger partial charge in [-0.05, 0) is 44.5 Å². The van der Waals surface area contributed by atoms with Crippen molar-refractivity contribution in [1.82, 2.24) is 20.4 Å². The molecule has 1 heterocycles. The van der Waals surface area contributed by atoms with Crippen LogP contribution in [0.1, 0.15) is 20.3 Å². The lowest BCUT2D eigenvalue weighted by atomic mass is 10.3. The standard InChI is InChI=1S/C18H26ClN5O.HI/c1-3-20-18(21-9-5-11-24-12-6-10-23-24)22-14-15(2)25-17-8-4-7-16(19)13-17;/h4,6-8,10,12-13,15H,3,5,9,11,14H2,1-2H3,(H2,20,21,22);1H. The van der Waals surface area contributed by atoms with Crippen LogP contribution in [0.15, 0.2) is 47.7 Å². The van der Waals surface area contributed by atoms with Crippen LogP contribution >= 0.6 is 35.6 Å². The number of aliphatic imine (C=N–C) groups is 1. The topological polar surface area (TPSA) is 63.5 Å². The Balaban J connectivity index is 0.00000338. The van der Waals surface area contributed by atoms with Crippen LogP contribution in [0.5, 0.6) is 5.75 Å². The van der Waals surface area contributed by atoms with Gasteiger partial charge in [0, 0.05) is 37.1 Å². The van der Waals surface area contributed by atoms with Gasteiger partial charge in [0.05, 0.1) is 6.54 Å². The molecule has 144 valence electrons. The zero-order valence-corrected chi connectivity index (χ0v) is 18.3. The van der Waals surface area contributed by atoms with Crippen LogP contribution in [0.4, 0.5) is 0 Å². The van der Waals surface area contributed by atoms with Gasteiger partial charge in [-0.3, -0.25) is 4.68 Å². The fourth-order valence-corrected chi connectivity index (χ4v) is 2.43. The highest BCUT2D eigenvalue weighted by molar-refractivity contribution is 14.0. The predicted molar refractivity (Wildman–Crippen MR) is 118 cm³/mol. The Hall–Kier alpha value is -1.48. The van der Waals surface area contributed by atoms with Gasteiger partial charge in [0.15, 0.2) is 5.96 Å². The van der Waals surface area contributed by atoms with E-state index in [0.717, 1.165) is 37.8 Å². The van der Waals surface area contributed by atoms with Crippen molar-refractivity contribution in [2.75, 3.05) is 19.6 Å². The van der Waals surface area contributed by atoms with E-state index in [1.807, 2.05) is 49.0 Å².